The highest BCUT2D eigenvalue weighted by atomic mass is 16.6. The Morgan fingerprint density at radius 1 is 1.19 bits per heavy atom. The molecule has 0 saturated heterocycles. The molecule has 0 aliphatic heterocycles. The quantitative estimate of drug-likeness (QED) is 0.144. The van der Waals surface area contributed by atoms with Crippen LogP contribution in [-0.4, -0.2) is 48.3 Å². The number of carbonyl (C=O) groups excluding carboxylic acids is 2. The van der Waals surface area contributed by atoms with Gasteiger partial charge in [0.1, 0.15) is 0 Å². The largest absolute Gasteiger partial charge is 0.379 e. The van der Waals surface area contributed by atoms with Gasteiger partial charge in [0.05, 0.1) is 28.9 Å². The fourth-order valence-electron chi connectivity index (χ4n) is 3.11. The van der Waals surface area contributed by atoms with Gasteiger partial charge in [-0.1, -0.05) is 29.5 Å². The van der Waals surface area contributed by atoms with Crippen LogP contribution in [0.25, 0.3) is 5.82 Å². The van der Waals surface area contributed by atoms with E-state index in [9.17, 15) is 19.7 Å². The van der Waals surface area contributed by atoms with Gasteiger partial charge in [-0.25, -0.2) is 10.1 Å². The fraction of sp³-hybridized carbons (Fsp3) is 0.0500. The van der Waals surface area contributed by atoms with E-state index in [0.717, 1.165) is 4.68 Å². The lowest BCUT2D eigenvalue weighted by molar-refractivity contribution is -0.384. The summed E-state index contributed by atoms with van der Waals surface area (Å²) in [6.45, 7) is -0.0685. The predicted octanol–water partition coefficient (Wildman–Crippen LogP) is 0.616. The zero-order valence-electron chi connectivity index (χ0n) is 18.2. The van der Waals surface area contributed by atoms with Gasteiger partial charge >= 0.3 is 0 Å². The Hall–Kier alpha value is -5.67. The Morgan fingerprint density at radius 3 is 2.72 bits per heavy atom. The maximum absolute atomic E-state index is 12.8. The molecular weight excluding hydrogens is 474 g/mol. The first kappa shape index (κ1) is 23.5. The molecule has 182 valence electrons. The van der Waals surface area contributed by atoms with Gasteiger partial charge in [-0.05, 0) is 22.4 Å². The number of nitrogens with two attached hydrogens (primary N) is 2. The molecule has 16 nitrogen and oxygen atoms in total. The average molecular weight is 491 g/mol. The van der Waals surface area contributed by atoms with Crippen molar-refractivity contribution < 1.29 is 19.1 Å². The fourth-order valence-corrected chi connectivity index (χ4v) is 3.11. The van der Waals surface area contributed by atoms with Crippen LogP contribution in [0.2, 0.25) is 0 Å². The molecule has 2 aromatic heterocycles. The molecule has 2 amide bonds. The lowest BCUT2D eigenvalue weighted by atomic mass is 10.1. The number of nitro benzene ring substituents is 1. The van der Waals surface area contributed by atoms with Crippen LogP contribution in [0.4, 0.5) is 17.2 Å². The Bertz CT molecular complexity index is 1480. The van der Waals surface area contributed by atoms with Crippen molar-refractivity contribution in [3.05, 3.63) is 81.2 Å². The van der Waals surface area contributed by atoms with Crippen molar-refractivity contribution in [1.29, 1.82) is 0 Å². The van der Waals surface area contributed by atoms with Gasteiger partial charge in [0, 0.05) is 23.4 Å². The number of nitrogen functional groups attached to an aromatic ring is 1. The highest BCUT2D eigenvalue weighted by Crippen LogP contribution is 2.20. The second-order valence-corrected chi connectivity index (χ2v) is 7.08. The minimum Gasteiger partial charge on any atom is -0.379 e. The monoisotopic (exact) mass is 491 g/mol. The maximum atomic E-state index is 12.8. The number of nitrogens with one attached hydrogen (secondary N) is 2. The highest BCUT2D eigenvalue weighted by Gasteiger charge is 2.24. The van der Waals surface area contributed by atoms with Gasteiger partial charge in [0.15, 0.2) is 5.69 Å². The zero-order chi connectivity index (χ0) is 25.7. The van der Waals surface area contributed by atoms with E-state index in [1.165, 1.54) is 30.5 Å². The van der Waals surface area contributed by atoms with Crippen molar-refractivity contribution in [3.8, 4) is 5.82 Å². The first-order valence-corrected chi connectivity index (χ1v) is 10.1. The number of non-ortho nitro benzene ring substituents is 1. The van der Waals surface area contributed by atoms with Crippen LogP contribution in [0, 0.1) is 10.1 Å². The van der Waals surface area contributed by atoms with E-state index in [-0.39, 0.29) is 40.8 Å². The molecule has 2 heterocycles. The summed E-state index contributed by atoms with van der Waals surface area (Å²) in [6.07, 6.45) is 1.23. The number of hydrogen-bond acceptors (Lipinski definition) is 12. The molecule has 0 unspecified atom stereocenters. The van der Waals surface area contributed by atoms with Crippen molar-refractivity contribution in [2.24, 2.45) is 10.8 Å². The number of benzene rings is 2. The second kappa shape index (κ2) is 10.1. The third-order valence-electron chi connectivity index (χ3n) is 4.77. The van der Waals surface area contributed by atoms with E-state index in [4.69, 9.17) is 11.5 Å². The van der Waals surface area contributed by atoms with Gasteiger partial charge < -0.3 is 16.8 Å². The van der Waals surface area contributed by atoms with Crippen LogP contribution in [-0.2, 0) is 6.54 Å². The molecule has 0 radical (unpaired) electrons. The molecule has 0 fully saturated rings. The average Bonchev–Trinajstić information content (AvgIpc) is 3.48. The minimum atomic E-state index is -0.752. The summed E-state index contributed by atoms with van der Waals surface area (Å²) >= 11 is 0. The SMILES string of the molecule is NC(=O)c1ccccc1NCc1c(C(=O)N/N=C\c2cccc([N+](=O)[O-])c2)nnn1-c1nonc1N. The van der Waals surface area contributed by atoms with E-state index in [0.29, 0.717) is 11.3 Å². The van der Waals surface area contributed by atoms with Crippen molar-refractivity contribution in [2.45, 2.75) is 6.54 Å². The molecule has 16 heteroatoms. The van der Waals surface area contributed by atoms with Gasteiger partial charge in [-0.2, -0.15) is 9.78 Å². The summed E-state index contributed by atoms with van der Waals surface area (Å²) < 4.78 is 5.75. The van der Waals surface area contributed by atoms with Crippen LogP contribution >= 0.6 is 0 Å². The third kappa shape index (κ3) is 4.96. The first-order chi connectivity index (χ1) is 17.3. The molecule has 0 atom stereocenters. The standard InChI is InChI=1S/C20H17N11O5/c21-17-19(28-36-27-17)30-15(10-23-14-7-2-1-6-13(14)18(22)32)16(25-29-30)20(33)26-24-9-11-4-3-5-12(8-11)31(34)35/h1-9,23H,10H2,(H2,21,27)(H2,22,32)(H,26,33)/b24-9-. The van der Waals surface area contributed by atoms with Crippen LogP contribution in [0.5, 0.6) is 0 Å². The Kier molecular flexibility index (Phi) is 6.57. The van der Waals surface area contributed by atoms with Gasteiger partial charge in [-0.3, -0.25) is 19.7 Å². The Balaban J connectivity index is 1.60. The van der Waals surface area contributed by atoms with Gasteiger partial charge in [-0.15, -0.1) is 5.10 Å². The normalized spacial score (nSPS) is 10.9. The van der Waals surface area contributed by atoms with Gasteiger partial charge in [0.25, 0.3) is 17.5 Å². The smallest absolute Gasteiger partial charge is 0.293 e. The van der Waals surface area contributed by atoms with Crippen LogP contribution in [0.1, 0.15) is 32.1 Å². The molecule has 0 aliphatic carbocycles. The van der Waals surface area contributed by atoms with Crippen LogP contribution < -0.4 is 22.2 Å². The lowest BCUT2D eigenvalue weighted by Crippen LogP contribution is -2.22. The number of primary amides is 1. The molecule has 6 N–H and O–H groups in total. The summed E-state index contributed by atoms with van der Waals surface area (Å²) in [5.41, 5.74) is 14.4. The summed E-state index contributed by atoms with van der Waals surface area (Å²) in [4.78, 5) is 35.0. The maximum Gasteiger partial charge on any atom is 0.293 e. The number of aromatic nitrogens is 5. The van der Waals surface area contributed by atoms with E-state index < -0.39 is 16.7 Å². The summed E-state index contributed by atoms with van der Waals surface area (Å²) in [5.74, 6) is -1.52. The zero-order valence-corrected chi connectivity index (χ0v) is 18.2. The topological polar surface area (TPSA) is 235 Å². The van der Waals surface area contributed by atoms with Crippen molar-refractivity contribution in [3.63, 3.8) is 0 Å². The Labute approximate surface area is 201 Å². The number of nitro groups is 1. The predicted molar refractivity (Wildman–Crippen MR) is 124 cm³/mol. The van der Waals surface area contributed by atoms with E-state index >= 15 is 0 Å². The van der Waals surface area contributed by atoms with Crippen molar-refractivity contribution in [2.75, 3.05) is 11.1 Å². The summed E-state index contributed by atoms with van der Waals surface area (Å²) in [7, 11) is 0. The first-order valence-electron chi connectivity index (χ1n) is 10.1. The van der Waals surface area contributed by atoms with Crippen LogP contribution in [0.3, 0.4) is 0 Å². The number of hydrogen-bond donors (Lipinski definition) is 4. The third-order valence-corrected chi connectivity index (χ3v) is 4.77. The molecule has 0 bridgehead atoms. The molecule has 0 saturated carbocycles. The molecule has 0 aliphatic rings. The number of hydrazone groups is 1. The van der Waals surface area contributed by atoms with Crippen LogP contribution in [0.15, 0.2) is 58.3 Å². The molecule has 0 spiro atoms. The highest BCUT2D eigenvalue weighted by molar-refractivity contribution is 5.98. The van der Waals surface area contributed by atoms with E-state index in [2.05, 4.69) is 41.1 Å². The van der Waals surface area contributed by atoms with E-state index in [1.54, 1.807) is 24.3 Å². The van der Waals surface area contributed by atoms with E-state index in [1.807, 2.05) is 0 Å². The summed E-state index contributed by atoms with van der Waals surface area (Å²) in [5, 5.41) is 32.7. The number of amides is 2. The number of para-hydroxylation sites is 1. The molecule has 4 aromatic rings. The molecule has 2 aromatic carbocycles. The minimum absolute atomic E-state index is 0.0124. The van der Waals surface area contributed by atoms with Crippen molar-refractivity contribution >= 4 is 35.2 Å². The molecular formula is C20H17N11O5. The van der Waals surface area contributed by atoms with Crippen molar-refractivity contribution in [1.82, 2.24) is 30.7 Å². The number of carbonyl (C=O) groups is 2. The number of anilines is 2. The second-order valence-electron chi connectivity index (χ2n) is 7.08. The number of nitrogens with zero attached hydrogens (tertiary/aromatic N) is 7. The summed E-state index contributed by atoms with van der Waals surface area (Å²) in [6, 6.07) is 12.2. The lowest BCUT2D eigenvalue weighted by Gasteiger charge is -2.11. The number of rotatable bonds is 9. The Morgan fingerprint density at radius 2 is 2.00 bits per heavy atom. The molecule has 36 heavy (non-hydrogen) atoms. The molecule has 4 rings (SSSR count). The van der Waals surface area contributed by atoms with Gasteiger partial charge in [0.2, 0.25) is 11.6 Å².